The van der Waals surface area contributed by atoms with Gasteiger partial charge >= 0.3 is 0 Å². The third kappa shape index (κ3) is 2.17. The molecule has 5 aliphatic carbocycles. The first-order chi connectivity index (χ1) is 12.1. The Morgan fingerprint density at radius 1 is 0.880 bits per heavy atom. The molecule has 1 spiro atoms. The van der Waals surface area contributed by atoms with Gasteiger partial charge in [-0.25, -0.2) is 0 Å². The van der Waals surface area contributed by atoms with Gasteiger partial charge in [-0.2, -0.15) is 5.26 Å². The minimum Gasteiger partial charge on any atom is -0.393 e. The van der Waals surface area contributed by atoms with E-state index < -0.39 is 0 Å². The van der Waals surface area contributed by atoms with Gasteiger partial charge in [-0.05, 0) is 111 Å². The summed E-state index contributed by atoms with van der Waals surface area (Å²) in [7, 11) is 0. The smallest absolute Gasteiger partial charge is 0.0658 e. The van der Waals surface area contributed by atoms with E-state index in [0.29, 0.717) is 16.7 Å². The van der Waals surface area contributed by atoms with E-state index in [-0.39, 0.29) is 6.10 Å². The summed E-state index contributed by atoms with van der Waals surface area (Å²) in [5.41, 5.74) is 1.03. The van der Waals surface area contributed by atoms with Crippen molar-refractivity contribution < 1.29 is 5.11 Å². The second kappa shape index (κ2) is 5.72. The van der Waals surface area contributed by atoms with Crippen LogP contribution in [0.25, 0.3) is 0 Å². The molecule has 5 fully saturated rings. The maximum atomic E-state index is 10.2. The molecule has 0 saturated heterocycles. The summed E-state index contributed by atoms with van der Waals surface area (Å²) in [6.07, 6.45) is 15.5. The largest absolute Gasteiger partial charge is 0.393 e. The molecule has 0 amide bonds. The highest BCUT2D eigenvalue weighted by Gasteiger charge is 2.63. The predicted molar refractivity (Wildman–Crippen MR) is 98.5 cm³/mol. The summed E-state index contributed by atoms with van der Waals surface area (Å²) in [5.74, 6) is 4.57. The molecule has 9 atom stereocenters. The average Bonchev–Trinajstić information content (AvgIpc) is 3.02. The van der Waals surface area contributed by atoms with Crippen molar-refractivity contribution in [3.63, 3.8) is 0 Å². The van der Waals surface area contributed by atoms with Crippen LogP contribution in [-0.4, -0.2) is 11.2 Å². The van der Waals surface area contributed by atoms with Gasteiger partial charge in [0.2, 0.25) is 0 Å². The highest BCUT2D eigenvalue weighted by molar-refractivity contribution is 5.14. The van der Waals surface area contributed by atoms with E-state index in [0.717, 1.165) is 42.4 Å². The summed E-state index contributed by atoms with van der Waals surface area (Å²) in [6, 6.07) is 2.71. The zero-order chi connectivity index (χ0) is 17.2. The number of nitrogens with zero attached hydrogens (tertiary/aromatic N) is 1. The van der Waals surface area contributed by atoms with Gasteiger partial charge in [0.1, 0.15) is 0 Å². The van der Waals surface area contributed by atoms with Crippen molar-refractivity contribution in [2.24, 2.45) is 46.3 Å². The SMILES string of the molecule is C[C@]12CC[C@@H](O)C[C@@H]1CCC1C3CCC4[C@H](C#N)CCC[C@]34CCC12. The van der Waals surface area contributed by atoms with Crippen LogP contribution in [0.15, 0.2) is 0 Å². The molecule has 1 N–H and O–H groups in total. The number of aliphatic hydroxyl groups excluding tert-OH is 1. The molecular formula is C23H35NO. The minimum atomic E-state index is -0.0323. The van der Waals surface area contributed by atoms with E-state index in [4.69, 9.17) is 0 Å². The fourth-order valence-electron chi connectivity index (χ4n) is 9.19. The van der Waals surface area contributed by atoms with Crippen molar-refractivity contribution in [3.05, 3.63) is 0 Å². The first-order valence-corrected chi connectivity index (χ1v) is 11.2. The molecule has 2 nitrogen and oxygen atoms in total. The van der Waals surface area contributed by atoms with Crippen LogP contribution >= 0.6 is 0 Å². The lowest BCUT2D eigenvalue weighted by atomic mass is 9.43. The number of nitriles is 1. The Balaban J connectivity index is 1.45. The number of rotatable bonds is 0. The van der Waals surface area contributed by atoms with E-state index in [2.05, 4.69) is 13.0 Å². The topological polar surface area (TPSA) is 44.0 Å². The van der Waals surface area contributed by atoms with Crippen molar-refractivity contribution in [3.8, 4) is 6.07 Å². The van der Waals surface area contributed by atoms with Gasteiger partial charge in [0, 0.05) is 5.92 Å². The molecule has 0 aromatic rings. The Morgan fingerprint density at radius 3 is 2.56 bits per heavy atom. The molecule has 0 bridgehead atoms. The van der Waals surface area contributed by atoms with E-state index in [1.54, 1.807) is 0 Å². The molecule has 0 radical (unpaired) electrons. The third-order valence-corrected chi connectivity index (χ3v) is 10.2. The van der Waals surface area contributed by atoms with E-state index >= 15 is 0 Å². The predicted octanol–water partition coefficient (Wildman–Crippen LogP) is 5.31. The van der Waals surface area contributed by atoms with Gasteiger partial charge in [0.05, 0.1) is 12.2 Å². The van der Waals surface area contributed by atoms with Crippen LogP contribution in [0.3, 0.4) is 0 Å². The summed E-state index contributed by atoms with van der Waals surface area (Å²) in [6.45, 7) is 2.59. The highest BCUT2D eigenvalue weighted by Crippen LogP contribution is 2.70. The molecule has 2 heteroatoms. The third-order valence-electron chi connectivity index (χ3n) is 10.2. The molecule has 0 aromatic heterocycles. The van der Waals surface area contributed by atoms with Crippen LogP contribution < -0.4 is 0 Å². The van der Waals surface area contributed by atoms with Crippen LogP contribution in [-0.2, 0) is 0 Å². The first-order valence-electron chi connectivity index (χ1n) is 11.2. The zero-order valence-corrected chi connectivity index (χ0v) is 15.9. The Morgan fingerprint density at radius 2 is 1.72 bits per heavy atom. The second-order valence-corrected chi connectivity index (χ2v) is 10.7. The van der Waals surface area contributed by atoms with Gasteiger partial charge in [-0.1, -0.05) is 13.3 Å². The van der Waals surface area contributed by atoms with Crippen molar-refractivity contribution >= 4 is 0 Å². The standard InChI is InChI=1S/C23H35NO/c1-22-11-8-17(25)13-16(22)4-5-18-20(22)9-12-23-10-2-3-15(14-24)19(23)6-7-21(18)23/h15-21,25H,2-13H2,1H3/t15-,16-,17+,18?,19?,20?,21?,22-,23+/m0/s1. The van der Waals surface area contributed by atoms with Crippen LogP contribution in [0.2, 0.25) is 0 Å². The molecule has 0 aliphatic heterocycles. The number of hydrogen-bond donors (Lipinski definition) is 1. The molecule has 25 heavy (non-hydrogen) atoms. The molecule has 5 rings (SSSR count). The Labute approximate surface area is 153 Å². The normalized spacial score (nSPS) is 57.6. The highest BCUT2D eigenvalue weighted by atomic mass is 16.3. The van der Waals surface area contributed by atoms with Gasteiger partial charge in [-0.15, -0.1) is 0 Å². The number of aliphatic hydroxyl groups is 1. The zero-order valence-electron chi connectivity index (χ0n) is 15.9. The quantitative estimate of drug-likeness (QED) is 0.649. The fraction of sp³-hybridized carbons (Fsp3) is 0.957. The van der Waals surface area contributed by atoms with Crippen LogP contribution in [0.4, 0.5) is 0 Å². The number of fused-ring (bicyclic) bond motifs is 4. The molecule has 5 aliphatic rings. The maximum Gasteiger partial charge on any atom is 0.0658 e. The van der Waals surface area contributed by atoms with Crippen LogP contribution in [0.5, 0.6) is 0 Å². The lowest BCUT2D eigenvalue weighted by Crippen LogP contribution is -2.55. The maximum absolute atomic E-state index is 10.2. The van der Waals surface area contributed by atoms with Crippen molar-refractivity contribution in [1.82, 2.24) is 0 Å². The molecule has 5 saturated carbocycles. The van der Waals surface area contributed by atoms with Crippen molar-refractivity contribution in [1.29, 1.82) is 5.26 Å². The minimum absolute atomic E-state index is 0.0323. The fourth-order valence-corrected chi connectivity index (χ4v) is 9.19. The lowest BCUT2D eigenvalue weighted by Gasteiger charge is -2.62. The van der Waals surface area contributed by atoms with E-state index in [9.17, 15) is 10.4 Å². The Kier molecular flexibility index (Phi) is 3.80. The summed E-state index contributed by atoms with van der Waals surface area (Å²) >= 11 is 0. The molecular weight excluding hydrogens is 306 g/mol. The average molecular weight is 342 g/mol. The van der Waals surface area contributed by atoms with Gasteiger partial charge < -0.3 is 5.11 Å². The van der Waals surface area contributed by atoms with Crippen molar-refractivity contribution in [2.45, 2.75) is 90.1 Å². The van der Waals surface area contributed by atoms with Gasteiger partial charge in [0.15, 0.2) is 0 Å². The van der Waals surface area contributed by atoms with Gasteiger partial charge in [0.25, 0.3) is 0 Å². The second-order valence-electron chi connectivity index (χ2n) is 10.7. The molecule has 4 unspecified atom stereocenters. The summed E-state index contributed by atoms with van der Waals surface area (Å²) in [4.78, 5) is 0. The lowest BCUT2D eigenvalue weighted by molar-refractivity contribution is -0.138. The molecule has 0 heterocycles. The Hall–Kier alpha value is -0.550. The van der Waals surface area contributed by atoms with E-state index in [1.165, 1.54) is 64.2 Å². The van der Waals surface area contributed by atoms with Gasteiger partial charge in [-0.3, -0.25) is 0 Å². The number of hydrogen-bond acceptors (Lipinski definition) is 2. The summed E-state index contributed by atoms with van der Waals surface area (Å²) in [5, 5.41) is 19.9. The monoisotopic (exact) mass is 341 g/mol. The van der Waals surface area contributed by atoms with Crippen LogP contribution in [0, 0.1) is 57.7 Å². The van der Waals surface area contributed by atoms with Crippen LogP contribution in [0.1, 0.15) is 84.0 Å². The molecule has 0 aromatic carbocycles. The molecule has 138 valence electrons. The first kappa shape index (κ1) is 16.6. The van der Waals surface area contributed by atoms with Crippen molar-refractivity contribution in [2.75, 3.05) is 0 Å². The van der Waals surface area contributed by atoms with E-state index in [1.807, 2.05) is 0 Å². The Bertz CT molecular complexity index is 581. The summed E-state index contributed by atoms with van der Waals surface area (Å²) < 4.78 is 0.